The van der Waals surface area contributed by atoms with E-state index in [-0.39, 0.29) is 11.9 Å². The first-order chi connectivity index (χ1) is 14.5. The Morgan fingerprint density at radius 3 is 2.93 bits per heavy atom. The highest BCUT2D eigenvalue weighted by atomic mass is 35.5. The molecule has 2 fully saturated rings. The predicted octanol–water partition coefficient (Wildman–Crippen LogP) is 1.42. The standard InChI is InChI=1S/C21H34ClN7O/c1-23-21(25-11-6-13-28-12-5-8-18(28)20(30)27(2)3)26-16-9-14-29(15-16)19-17(22)7-4-10-24-19/h4,7,10,16,18H,5-6,8-9,11-15H2,1-3H3,(H2,23,25,26). The molecule has 3 heterocycles. The summed E-state index contributed by atoms with van der Waals surface area (Å²) in [5.41, 5.74) is 0. The molecule has 2 N–H and O–H groups in total. The smallest absolute Gasteiger partial charge is 0.239 e. The Labute approximate surface area is 184 Å². The van der Waals surface area contributed by atoms with Gasteiger partial charge in [-0.3, -0.25) is 14.7 Å². The number of guanidine groups is 1. The number of aliphatic imine (C=N–C) groups is 1. The molecule has 166 valence electrons. The van der Waals surface area contributed by atoms with E-state index in [1.807, 2.05) is 26.2 Å². The zero-order valence-electron chi connectivity index (χ0n) is 18.3. The summed E-state index contributed by atoms with van der Waals surface area (Å²) in [5.74, 6) is 1.88. The van der Waals surface area contributed by atoms with Crippen LogP contribution in [0.2, 0.25) is 5.02 Å². The summed E-state index contributed by atoms with van der Waals surface area (Å²) >= 11 is 6.28. The first-order valence-corrected chi connectivity index (χ1v) is 11.1. The van der Waals surface area contributed by atoms with Gasteiger partial charge in [-0.2, -0.15) is 0 Å². The monoisotopic (exact) mass is 435 g/mol. The lowest BCUT2D eigenvalue weighted by atomic mass is 10.2. The molecular formula is C21H34ClN7O. The van der Waals surface area contributed by atoms with Crippen LogP contribution in [0.5, 0.6) is 0 Å². The predicted molar refractivity (Wildman–Crippen MR) is 122 cm³/mol. The van der Waals surface area contributed by atoms with Crippen molar-refractivity contribution >= 4 is 29.3 Å². The summed E-state index contributed by atoms with van der Waals surface area (Å²) in [7, 11) is 5.47. The van der Waals surface area contributed by atoms with Crippen molar-refractivity contribution < 1.29 is 4.79 Å². The quantitative estimate of drug-likeness (QED) is 0.383. The van der Waals surface area contributed by atoms with Crippen molar-refractivity contribution in [1.82, 2.24) is 25.4 Å². The van der Waals surface area contributed by atoms with Gasteiger partial charge in [-0.05, 0) is 44.4 Å². The number of likely N-dealkylation sites (tertiary alicyclic amines) is 1. The fraction of sp³-hybridized carbons (Fsp3) is 0.667. The SMILES string of the molecule is CN=C(NCCCN1CCCC1C(=O)N(C)C)NC1CCN(c2ncccc2Cl)C1. The molecule has 1 aromatic heterocycles. The number of pyridine rings is 1. The largest absolute Gasteiger partial charge is 0.356 e. The Hall–Kier alpha value is -2.06. The molecule has 0 bridgehead atoms. The van der Waals surface area contributed by atoms with E-state index in [1.54, 1.807) is 18.1 Å². The number of nitrogens with zero attached hydrogens (tertiary/aromatic N) is 5. The van der Waals surface area contributed by atoms with Crippen molar-refractivity contribution in [3.8, 4) is 0 Å². The zero-order valence-corrected chi connectivity index (χ0v) is 19.0. The van der Waals surface area contributed by atoms with E-state index < -0.39 is 0 Å². The maximum absolute atomic E-state index is 12.3. The summed E-state index contributed by atoms with van der Waals surface area (Å²) in [5, 5.41) is 7.61. The topological polar surface area (TPSA) is 76.1 Å². The van der Waals surface area contributed by atoms with Gasteiger partial charge in [0, 0.05) is 59.6 Å². The molecule has 3 rings (SSSR count). The third-order valence-electron chi connectivity index (χ3n) is 5.80. The fourth-order valence-corrected chi connectivity index (χ4v) is 4.47. The molecule has 2 aliphatic heterocycles. The normalized spacial score (nSPS) is 22.4. The maximum Gasteiger partial charge on any atom is 0.239 e. The summed E-state index contributed by atoms with van der Waals surface area (Å²) in [6.07, 6.45) is 5.82. The average Bonchev–Trinajstić information content (AvgIpc) is 3.39. The third-order valence-corrected chi connectivity index (χ3v) is 6.09. The Morgan fingerprint density at radius 2 is 2.20 bits per heavy atom. The molecule has 2 aliphatic rings. The molecule has 1 aromatic rings. The molecule has 0 aromatic carbocycles. The van der Waals surface area contributed by atoms with Gasteiger partial charge in [0.1, 0.15) is 5.82 Å². The minimum atomic E-state index is 0.0420. The molecule has 2 atom stereocenters. The Morgan fingerprint density at radius 1 is 1.37 bits per heavy atom. The highest BCUT2D eigenvalue weighted by Crippen LogP contribution is 2.25. The van der Waals surface area contributed by atoms with Crippen LogP contribution >= 0.6 is 11.6 Å². The number of hydrogen-bond donors (Lipinski definition) is 2. The van der Waals surface area contributed by atoms with Crippen molar-refractivity contribution in [3.63, 3.8) is 0 Å². The number of carbonyl (C=O) groups is 1. The number of anilines is 1. The van der Waals surface area contributed by atoms with Crippen LogP contribution in [0.15, 0.2) is 23.3 Å². The minimum Gasteiger partial charge on any atom is -0.356 e. The first kappa shape index (κ1) is 22.6. The average molecular weight is 436 g/mol. The van der Waals surface area contributed by atoms with Gasteiger partial charge < -0.3 is 20.4 Å². The van der Waals surface area contributed by atoms with Gasteiger partial charge in [0.2, 0.25) is 5.91 Å². The third kappa shape index (κ3) is 5.76. The van der Waals surface area contributed by atoms with Crippen LogP contribution in [-0.2, 0) is 4.79 Å². The van der Waals surface area contributed by atoms with E-state index in [9.17, 15) is 4.79 Å². The Kier molecular flexibility index (Phi) is 8.16. The Balaban J connectivity index is 1.39. The van der Waals surface area contributed by atoms with Gasteiger partial charge in [0.05, 0.1) is 11.1 Å². The molecular weight excluding hydrogens is 402 g/mol. The van der Waals surface area contributed by atoms with Crippen molar-refractivity contribution in [2.75, 3.05) is 58.8 Å². The molecule has 0 aliphatic carbocycles. The minimum absolute atomic E-state index is 0.0420. The molecule has 0 saturated carbocycles. The molecule has 8 nitrogen and oxygen atoms in total. The molecule has 2 unspecified atom stereocenters. The van der Waals surface area contributed by atoms with Gasteiger partial charge in [-0.1, -0.05) is 11.6 Å². The zero-order chi connectivity index (χ0) is 21.5. The highest BCUT2D eigenvalue weighted by molar-refractivity contribution is 6.32. The summed E-state index contributed by atoms with van der Waals surface area (Å²) < 4.78 is 0. The maximum atomic E-state index is 12.3. The van der Waals surface area contributed by atoms with E-state index in [0.717, 1.165) is 70.2 Å². The second-order valence-corrected chi connectivity index (χ2v) is 8.57. The van der Waals surface area contributed by atoms with Crippen LogP contribution < -0.4 is 15.5 Å². The van der Waals surface area contributed by atoms with Crippen molar-refractivity contribution in [3.05, 3.63) is 23.4 Å². The second kappa shape index (κ2) is 10.8. The molecule has 9 heteroatoms. The number of aromatic nitrogens is 1. The molecule has 0 radical (unpaired) electrons. The van der Waals surface area contributed by atoms with Gasteiger partial charge >= 0.3 is 0 Å². The number of amides is 1. The lowest BCUT2D eigenvalue weighted by Gasteiger charge is -2.26. The fourth-order valence-electron chi connectivity index (χ4n) is 4.23. The Bertz CT molecular complexity index is 742. The van der Waals surface area contributed by atoms with Gasteiger partial charge in [0.15, 0.2) is 5.96 Å². The lowest BCUT2D eigenvalue weighted by molar-refractivity contribution is -0.133. The van der Waals surface area contributed by atoms with Crippen molar-refractivity contribution in [2.24, 2.45) is 4.99 Å². The van der Waals surface area contributed by atoms with E-state index in [0.29, 0.717) is 11.1 Å². The van der Waals surface area contributed by atoms with Crippen molar-refractivity contribution in [1.29, 1.82) is 0 Å². The summed E-state index contributed by atoms with van der Waals surface area (Å²) in [6, 6.07) is 4.07. The number of halogens is 1. The molecule has 1 amide bonds. The summed E-state index contributed by atoms with van der Waals surface area (Å²) in [6.45, 7) is 4.51. The number of rotatable bonds is 7. The van der Waals surface area contributed by atoms with E-state index >= 15 is 0 Å². The van der Waals surface area contributed by atoms with Crippen LogP contribution in [0, 0.1) is 0 Å². The number of hydrogen-bond acceptors (Lipinski definition) is 5. The van der Waals surface area contributed by atoms with E-state index in [2.05, 4.69) is 30.4 Å². The van der Waals surface area contributed by atoms with Crippen LogP contribution in [0.25, 0.3) is 0 Å². The molecule has 0 spiro atoms. The van der Waals surface area contributed by atoms with Crippen molar-refractivity contribution in [2.45, 2.75) is 37.8 Å². The molecule has 2 saturated heterocycles. The van der Waals surface area contributed by atoms with E-state index in [4.69, 9.17) is 11.6 Å². The van der Waals surface area contributed by atoms with Gasteiger partial charge in [0.25, 0.3) is 0 Å². The van der Waals surface area contributed by atoms with Crippen LogP contribution in [0.1, 0.15) is 25.7 Å². The van der Waals surface area contributed by atoms with Crippen LogP contribution in [-0.4, -0.2) is 92.6 Å². The van der Waals surface area contributed by atoms with Gasteiger partial charge in [-0.25, -0.2) is 4.98 Å². The second-order valence-electron chi connectivity index (χ2n) is 8.16. The first-order valence-electron chi connectivity index (χ1n) is 10.8. The number of nitrogens with one attached hydrogen (secondary N) is 2. The highest BCUT2D eigenvalue weighted by Gasteiger charge is 2.31. The lowest BCUT2D eigenvalue weighted by Crippen LogP contribution is -2.46. The van der Waals surface area contributed by atoms with Crippen LogP contribution in [0.4, 0.5) is 5.82 Å². The number of carbonyl (C=O) groups excluding carboxylic acids is 1. The van der Waals surface area contributed by atoms with E-state index in [1.165, 1.54) is 0 Å². The number of likely N-dealkylation sites (N-methyl/N-ethyl adjacent to an activating group) is 1. The van der Waals surface area contributed by atoms with Gasteiger partial charge in [-0.15, -0.1) is 0 Å². The summed E-state index contributed by atoms with van der Waals surface area (Å²) in [4.78, 5) is 27.3. The van der Waals surface area contributed by atoms with Crippen LogP contribution in [0.3, 0.4) is 0 Å². The molecule has 30 heavy (non-hydrogen) atoms.